The van der Waals surface area contributed by atoms with E-state index in [1.807, 2.05) is 13.0 Å². The fraction of sp³-hybridized carbons (Fsp3) is 0.438. The fourth-order valence-corrected chi connectivity index (χ4v) is 8.63. The van der Waals surface area contributed by atoms with Gasteiger partial charge in [-0.2, -0.15) is 0 Å². The number of amides is 1. The number of aromatic amines is 1. The number of aryl methyl sites for hydroxylation is 1. The van der Waals surface area contributed by atoms with Crippen molar-refractivity contribution in [3.8, 4) is 11.3 Å². The molecule has 3 aromatic heterocycles. The summed E-state index contributed by atoms with van der Waals surface area (Å²) in [4.78, 5) is 32.8. The zero-order chi connectivity index (χ0) is 32.8. The van der Waals surface area contributed by atoms with Gasteiger partial charge in [0.2, 0.25) is 11.9 Å². The second-order valence-electron chi connectivity index (χ2n) is 12.2. The minimum absolute atomic E-state index is 0.0525. The summed E-state index contributed by atoms with van der Waals surface area (Å²) in [5.41, 5.74) is 2.72. The Morgan fingerprint density at radius 2 is 1.87 bits per heavy atom. The highest BCUT2D eigenvalue weighted by Crippen LogP contribution is 2.41. The summed E-state index contributed by atoms with van der Waals surface area (Å²) in [6, 6.07) is 7.02. The van der Waals surface area contributed by atoms with Gasteiger partial charge < -0.3 is 15.6 Å². The van der Waals surface area contributed by atoms with Crippen LogP contribution >= 0.6 is 11.9 Å². The molecule has 3 N–H and O–H groups in total. The molecule has 2 bridgehead atoms. The van der Waals surface area contributed by atoms with Gasteiger partial charge in [0.15, 0.2) is 21.5 Å². The zero-order valence-electron chi connectivity index (χ0n) is 26.6. The summed E-state index contributed by atoms with van der Waals surface area (Å²) in [6.45, 7) is 7.89. The second kappa shape index (κ2) is 12.5. The van der Waals surface area contributed by atoms with E-state index in [4.69, 9.17) is 0 Å². The Balaban J connectivity index is 1.26. The molecule has 11 nitrogen and oxygen atoms in total. The second-order valence-corrected chi connectivity index (χ2v) is 15.6. The third-order valence-electron chi connectivity index (χ3n) is 9.34. The number of rotatable bonds is 10. The first-order chi connectivity index (χ1) is 21.9. The first-order valence-corrected chi connectivity index (χ1v) is 18.1. The molecule has 46 heavy (non-hydrogen) atoms. The summed E-state index contributed by atoms with van der Waals surface area (Å²) in [5, 5.41) is 6.76. The van der Waals surface area contributed by atoms with Crippen LogP contribution in [0.5, 0.6) is 0 Å². The highest BCUT2D eigenvalue weighted by molar-refractivity contribution is 7.99. The van der Waals surface area contributed by atoms with Crippen LogP contribution in [0.4, 0.5) is 21.8 Å². The summed E-state index contributed by atoms with van der Waals surface area (Å²) in [6.07, 6.45) is 9.78. The lowest BCUT2D eigenvalue weighted by atomic mass is 10.0. The quantitative estimate of drug-likeness (QED) is 0.185. The van der Waals surface area contributed by atoms with Crippen molar-refractivity contribution in [2.75, 3.05) is 37.0 Å². The molecule has 6 rings (SSSR count). The number of nitrogens with zero attached hydrogens (tertiary/aromatic N) is 5. The molecule has 4 aromatic rings. The number of anilines is 3. The van der Waals surface area contributed by atoms with Crippen LogP contribution in [0.1, 0.15) is 45.1 Å². The van der Waals surface area contributed by atoms with E-state index in [1.165, 1.54) is 31.0 Å². The lowest BCUT2D eigenvalue weighted by Crippen LogP contribution is -2.52. The van der Waals surface area contributed by atoms with Gasteiger partial charge in [-0.3, -0.25) is 9.69 Å². The number of carbonyl (C=O) groups excluding carboxylic acids is 1. The molecule has 1 amide bonds. The SMILES string of the molecule is CCC(CC)(SN1CC2CCC(C1)N2C)C(=O)Nc1nccc2c(-c3nc(Nc4cccc(S(C)(=O)=O)c4F)ncc3C)c[nH]c12. The van der Waals surface area contributed by atoms with Gasteiger partial charge in [0.25, 0.3) is 0 Å². The average Bonchev–Trinajstić information content (AvgIpc) is 3.53. The van der Waals surface area contributed by atoms with Gasteiger partial charge in [-0.1, -0.05) is 31.9 Å². The van der Waals surface area contributed by atoms with E-state index in [0.717, 1.165) is 35.9 Å². The first kappa shape index (κ1) is 32.4. The van der Waals surface area contributed by atoms with E-state index < -0.39 is 25.3 Å². The summed E-state index contributed by atoms with van der Waals surface area (Å²) >= 11 is 1.68. The molecule has 2 unspecified atom stereocenters. The van der Waals surface area contributed by atoms with Gasteiger partial charge in [-0.05, 0) is 63.4 Å². The molecule has 244 valence electrons. The van der Waals surface area contributed by atoms with Gasteiger partial charge in [0, 0.05) is 61.0 Å². The summed E-state index contributed by atoms with van der Waals surface area (Å²) < 4.78 is 40.8. The molecule has 2 saturated heterocycles. The highest BCUT2D eigenvalue weighted by atomic mass is 32.2. The molecular weight excluding hydrogens is 628 g/mol. The first-order valence-electron chi connectivity index (χ1n) is 15.5. The molecule has 2 atom stereocenters. The van der Waals surface area contributed by atoms with Crippen LogP contribution in [-0.2, 0) is 14.6 Å². The largest absolute Gasteiger partial charge is 0.357 e. The molecule has 2 aliphatic heterocycles. The van der Waals surface area contributed by atoms with E-state index in [9.17, 15) is 13.2 Å². The number of pyridine rings is 1. The Kier molecular flexibility index (Phi) is 8.83. The maximum Gasteiger partial charge on any atom is 0.243 e. The fourth-order valence-electron chi connectivity index (χ4n) is 6.49. The monoisotopic (exact) mass is 666 g/mol. The average molecular weight is 667 g/mol. The topological polar surface area (TPSA) is 136 Å². The number of H-pyrrole nitrogens is 1. The number of carbonyl (C=O) groups is 1. The van der Waals surface area contributed by atoms with Crippen molar-refractivity contribution in [3.05, 3.63) is 54.2 Å². The van der Waals surface area contributed by atoms with Crippen LogP contribution < -0.4 is 10.6 Å². The number of benzene rings is 1. The standard InChI is InChI=1S/C32H39FN8O3S2/c1-6-32(7-2,45-41-17-20-11-12-21(18-41)40(20)4)30(42)39-29-28-22(13-14-34-29)23(16-35-28)27-19(3)15-36-31(38-27)37-24-9-8-10-25(26(24)33)46(5,43)44/h8-10,13-16,20-21,35H,6-7,11-12,17-18H2,1-5H3,(H,34,39,42)(H,36,37,38). The normalized spacial score (nSPS) is 19.1. The molecule has 14 heteroatoms. The van der Waals surface area contributed by atoms with Crippen molar-refractivity contribution in [3.63, 3.8) is 0 Å². The molecule has 0 aliphatic carbocycles. The Hall–Kier alpha value is -3.59. The number of sulfone groups is 1. The number of hydrogen-bond acceptors (Lipinski definition) is 10. The van der Waals surface area contributed by atoms with Crippen molar-refractivity contribution in [1.82, 2.24) is 29.1 Å². The van der Waals surface area contributed by atoms with Crippen LogP contribution in [0.15, 0.2) is 47.8 Å². The molecule has 2 fully saturated rings. The number of nitrogens with one attached hydrogen (secondary N) is 3. The van der Waals surface area contributed by atoms with Gasteiger partial charge >= 0.3 is 0 Å². The maximum absolute atomic E-state index is 15.0. The van der Waals surface area contributed by atoms with Crippen molar-refractivity contribution in [2.45, 2.75) is 68.2 Å². The van der Waals surface area contributed by atoms with Crippen LogP contribution in [0, 0.1) is 12.7 Å². The van der Waals surface area contributed by atoms with E-state index in [1.54, 1.807) is 30.5 Å². The van der Waals surface area contributed by atoms with Gasteiger partial charge in [0.05, 0.1) is 16.9 Å². The minimum Gasteiger partial charge on any atom is -0.357 e. The van der Waals surface area contributed by atoms with Crippen molar-refractivity contribution < 1.29 is 17.6 Å². The molecular formula is C32H39FN8O3S2. The highest BCUT2D eigenvalue weighted by Gasteiger charge is 2.44. The Bertz CT molecular complexity index is 1880. The van der Waals surface area contributed by atoms with Crippen LogP contribution in [0.2, 0.25) is 0 Å². The van der Waals surface area contributed by atoms with Crippen molar-refractivity contribution in [1.29, 1.82) is 0 Å². The van der Waals surface area contributed by atoms with Gasteiger partial charge in [0.1, 0.15) is 9.64 Å². The van der Waals surface area contributed by atoms with Crippen molar-refractivity contribution in [2.24, 2.45) is 0 Å². The number of halogens is 1. The van der Waals surface area contributed by atoms with Crippen LogP contribution in [0.25, 0.3) is 22.2 Å². The zero-order valence-corrected chi connectivity index (χ0v) is 28.2. The number of fused-ring (bicyclic) bond motifs is 3. The third-order valence-corrected chi connectivity index (χ3v) is 12.1. The molecule has 1 aromatic carbocycles. The van der Waals surface area contributed by atoms with Crippen molar-refractivity contribution >= 4 is 56.0 Å². The predicted octanol–water partition coefficient (Wildman–Crippen LogP) is 5.54. The van der Waals surface area contributed by atoms with E-state index in [-0.39, 0.29) is 17.5 Å². The third kappa shape index (κ3) is 5.98. The van der Waals surface area contributed by atoms with E-state index in [2.05, 4.69) is 60.7 Å². The van der Waals surface area contributed by atoms with Crippen LogP contribution in [-0.4, -0.2) is 86.7 Å². The molecule has 2 aliphatic rings. The number of likely N-dealkylation sites (N-methyl/N-ethyl adjacent to an activating group) is 1. The number of aromatic nitrogens is 4. The smallest absolute Gasteiger partial charge is 0.243 e. The summed E-state index contributed by atoms with van der Waals surface area (Å²) in [7, 11) is -1.55. The lowest BCUT2D eigenvalue weighted by Gasteiger charge is -2.42. The molecule has 0 spiro atoms. The van der Waals surface area contributed by atoms with Gasteiger partial charge in [-0.25, -0.2) is 32.1 Å². The number of hydrogen-bond donors (Lipinski definition) is 3. The Morgan fingerprint density at radius 1 is 1.15 bits per heavy atom. The molecule has 0 radical (unpaired) electrons. The van der Waals surface area contributed by atoms with Crippen LogP contribution in [0.3, 0.4) is 0 Å². The minimum atomic E-state index is -3.76. The Labute approximate surface area is 272 Å². The number of piperazine rings is 1. The lowest BCUT2D eigenvalue weighted by molar-refractivity contribution is -0.118. The maximum atomic E-state index is 15.0. The van der Waals surface area contributed by atoms with Gasteiger partial charge in [-0.15, -0.1) is 0 Å². The Morgan fingerprint density at radius 3 is 2.54 bits per heavy atom. The van der Waals surface area contributed by atoms with E-state index >= 15 is 4.39 Å². The summed E-state index contributed by atoms with van der Waals surface area (Å²) in [5.74, 6) is -0.438. The predicted molar refractivity (Wildman–Crippen MR) is 180 cm³/mol. The molecule has 5 heterocycles. The van der Waals surface area contributed by atoms with E-state index in [0.29, 0.717) is 42.0 Å². The molecule has 0 saturated carbocycles.